The van der Waals surface area contributed by atoms with Crippen molar-refractivity contribution >= 4 is 5.97 Å². The number of ether oxygens (including phenoxy) is 1. The second kappa shape index (κ2) is 10.0. The number of carboxylic acid groups (broad SMARTS) is 1. The predicted molar refractivity (Wildman–Crippen MR) is 71.1 cm³/mol. The third-order valence-electron chi connectivity index (χ3n) is 3.32. The standard InChI is InChI=1S/C14H21F7O3/c15-12(13(16,17)18,14(19,20)21)24-10-8-6-4-2-1-3-5-7-9-11(22)23/h1-10H2,(H,22,23). The summed E-state index contributed by atoms with van der Waals surface area (Å²) in [5.74, 6) is -6.50. The van der Waals surface area contributed by atoms with Crippen LogP contribution >= 0.6 is 0 Å². The molecule has 0 saturated heterocycles. The number of unbranched alkanes of at least 4 members (excludes halogenated alkanes) is 7. The van der Waals surface area contributed by atoms with Gasteiger partial charge in [-0.05, 0) is 12.8 Å². The highest BCUT2D eigenvalue weighted by Crippen LogP contribution is 2.46. The van der Waals surface area contributed by atoms with E-state index >= 15 is 0 Å². The van der Waals surface area contributed by atoms with Crippen molar-refractivity contribution in [2.45, 2.75) is 76.0 Å². The van der Waals surface area contributed by atoms with Crippen molar-refractivity contribution < 1.29 is 45.4 Å². The highest BCUT2D eigenvalue weighted by Gasteiger charge is 2.74. The molecule has 0 unspecified atom stereocenters. The molecular weight excluding hydrogens is 349 g/mol. The van der Waals surface area contributed by atoms with Gasteiger partial charge in [0.2, 0.25) is 0 Å². The lowest BCUT2D eigenvalue weighted by Gasteiger charge is -2.29. The van der Waals surface area contributed by atoms with Gasteiger partial charge in [-0.3, -0.25) is 4.79 Å². The first kappa shape index (κ1) is 22.9. The highest BCUT2D eigenvalue weighted by molar-refractivity contribution is 5.66. The fourth-order valence-corrected chi connectivity index (χ4v) is 1.98. The molecule has 0 saturated carbocycles. The molecule has 0 aromatic heterocycles. The lowest BCUT2D eigenvalue weighted by Crippen LogP contribution is -2.55. The van der Waals surface area contributed by atoms with E-state index < -0.39 is 30.8 Å². The van der Waals surface area contributed by atoms with Crippen molar-refractivity contribution in [3.63, 3.8) is 0 Å². The van der Waals surface area contributed by atoms with E-state index in [0.29, 0.717) is 25.7 Å². The Bertz CT molecular complexity index is 352. The molecule has 0 fully saturated rings. The molecule has 0 aliphatic carbocycles. The van der Waals surface area contributed by atoms with Gasteiger partial charge in [0.1, 0.15) is 0 Å². The fraction of sp³-hybridized carbons (Fsp3) is 0.929. The number of rotatable bonds is 12. The topological polar surface area (TPSA) is 46.5 Å². The molecule has 24 heavy (non-hydrogen) atoms. The van der Waals surface area contributed by atoms with Gasteiger partial charge in [-0.25, -0.2) is 0 Å². The van der Waals surface area contributed by atoms with Gasteiger partial charge in [-0.1, -0.05) is 38.5 Å². The zero-order valence-electron chi connectivity index (χ0n) is 13.0. The maximum Gasteiger partial charge on any atom is 0.458 e. The molecule has 0 aromatic carbocycles. The SMILES string of the molecule is O=C(O)CCCCCCCCCCOC(F)(C(F)(F)F)C(F)(F)F. The average Bonchev–Trinajstić information content (AvgIpc) is 2.41. The Kier molecular flexibility index (Phi) is 9.61. The zero-order valence-corrected chi connectivity index (χ0v) is 13.0. The van der Waals surface area contributed by atoms with Crippen LogP contribution in [0.5, 0.6) is 0 Å². The summed E-state index contributed by atoms with van der Waals surface area (Å²) in [6, 6.07) is 0. The largest absolute Gasteiger partial charge is 0.481 e. The molecule has 0 rings (SSSR count). The molecular formula is C14H21F7O3. The van der Waals surface area contributed by atoms with Crippen LogP contribution in [0.2, 0.25) is 0 Å². The van der Waals surface area contributed by atoms with E-state index in [4.69, 9.17) is 5.11 Å². The summed E-state index contributed by atoms with van der Waals surface area (Å²) in [5, 5.41) is 8.42. The minimum Gasteiger partial charge on any atom is -0.481 e. The van der Waals surface area contributed by atoms with Crippen LogP contribution in [0.25, 0.3) is 0 Å². The monoisotopic (exact) mass is 370 g/mol. The van der Waals surface area contributed by atoms with E-state index in [-0.39, 0.29) is 12.8 Å². The van der Waals surface area contributed by atoms with Gasteiger partial charge in [0.25, 0.3) is 0 Å². The third-order valence-corrected chi connectivity index (χ3v) is 3.32. The summed E-state index contributed by atoms with van der Waals surface area (Å²) in [7, 11) is 0. The van der Waals surface area contributed by atoms with Gasteiger partial charge in [-0.15, -0.1) is 0 Å². The fourth-order valence-electron chi connectivity index (χ4n) is 1.98. The quantitative estimate of drug-likeness (QED) is 0.370. The number of halogens is 7. The minimum atomic E-state index is -6.18. The molecule has 0 heterocycles. The third kappa shape index (κ3) is 8.16. The maximum atomic E-state index is 13.1. The first-order chi connectivity index (χ1) is 10.9. The minimum absolute atomic E-state index is 0.0979. The van der Waals surface area contributed by atoms with E-state index in [0.717, 1.165) is 19.3 Å². The van der Waals surface area contributed by atoms with Crippen LogP contribution < -0.4 is 0 Å². The number of carbonyl (C=O) groups is 1. The van der Waals surface area contributed by atoms with Gasteiger partial charge in [0.15, 0.2) is 0 Å². The highest BCUT2D eigenvalue weighted by atomic mass is 19.4. The van der Waals surface area contributed by atoms with E-state index in [2.05, 4.69) is 4.74 Å². The number of alkyl halides is 7. The lowest BCUT2D eigenvalue weighted by atomic mass is 10.1. The van der Waals surface area contributed by atoms with Gasteiger partial charge < -0.3 is 9.84 Å². The molecule has 0 amide bonds. The molecule has 0 atom stereocenters. The van der Waals surface area contributed by atoms with Crippen LogP contribution in [0.3, 0.4) is 0 Å². The van der Waals surface area contributed by atoms with Crippen molar-refractivity contribution in [2.24, 2.45) is 0 Å². The van der Waals surface area contributed by atoms with Crippen LogP contribution in [0.4, 0.5) is 30.7 Å². The Balaban J connectivity index is 3.80. The number of aliphatic carboxylic acids is 1. The number of carboxylic acids is 1. The normalized spacial score (nSPS) is 13.3. The molecule has 0 aromatic rings. The van der Waals surface area contributed by atoms with Gasteiger partial charge in [0, 0.05) is 6.42 Å². The zero-order chi connectivity index (χ0) is 18.9. The first-order valence-electron chi connectivity index (χ1n) is 7.60. The Morgan fingerprint density at radius 2 is 1.08 bits per heavy atom. The Morgan fingerprint density at radius 3 is 1.46 bits per heavy atom. The molecule has 1 N–H and O–H groups in total. The second-order valence-corrected chi connectivity index (χ2v) is 5.41. The maximum absolute atomic E-state index is 13.1. The molecule has 0 aliphatic rings. The summed E-state index contributed by atoms with van der Waals surface area (Å²) in [6.07, 6.45) is -7.86. The Morgan fingerprint density at radius 1 is 0.708 bits per heavy atom. The molecule has 144 valence electrons. The number of hydrogen-bond donors (Lipinski definition) is 1. The van der Waals surface area contributed by atoms with Crippen LogP contribution in [-0.2, 0) is 9.53 Å². The lowest BCUT2D eigenvalue weighted by molar-refractivity contribution is -0.430. The van der Waals surface area contributed by atoms with Crippen molar-refractivity contribution in [1.29, 1.82) is 0 Å². The van der Waals surface area contributed by atoms with Gasteiger partial charge >= 0.3 is 24.2 Å². The van der Waals surface area contributed by atoms with Crippen molar-refractivity contribution in [2.75, 3.05) is 6.61 Å². The molecule has 0 bridgehead atoms. The smallest absolute Gasteiger partial charge is 0.458 e. The van der Waals surface area contributed by atoms with Gasteiger partial charge in [0.05, 0.1) is 6.61 Å². The Hall–Kier alpha value is -1.06. The predicted octanol–water partition coefficient (Wildman–Crippen LogP) is 5.39. The van der Waals surface area contributed by atoms with Crippen molar-refractivity contribution in [3.8, 4) is 0 Å². The van der Waals surface area contributed by atoms with Crippen LogP contribution in [-0.4, -0.2) is 35.9 Å². The first-order valence-corrected chi connectivity index (χ1v) is 7.60. The second-order valence-electron chi connectivity index (χ2n) is 5.41. The summed E-state index contributed by atoms with van der Waals surface area (Å²) in [5.41, 5.74) is 0. The molecule has 10 heteroatoms. The van der Waals surface area contributed by atoms with E-state index in [1.807, 2.05) is 0 Å². The van der Waals surface area contributed by atoms with Gasteiger partial charge in [-0.2, -0.15) is 30.7 Å². The average molecular weight is 370 g/mol. The molecule has 0 aliphatic heterocycles. The van der Waals surface area contributed by atoms with Crippen LogP contribution in [0.1, 0.15) is 57.8 Å². The van der Waals surface area contributed by atoms with E-state index in [1.165, 1.54) is 0 Å². The molecule has 3 nitrogen and oxygen atoms in total. The van der Waals surface area contributed by atoms with E-state index in [9.17, 15) is 35.5 Å². The van der Waals surface area contributed by atoms with Crippen LogP contribution in [0, 0.1) is 0 Å². The van der Waals surface area contributed by atoms with E-state index in [1.54, 1.807) is 0 Å². The molecule has 0 spiro atoms. The molecule has 0 radical (unpaired) electrons. The van der Waals surface area contributed by atoms with Crippen molar-refractivity contribution in [3.05, 3.63) is 0 Å². The van der Waals surface area contributed by atoms with Crippen LogP contribution in [0.15, 0.2) is 0 Å². The summed E-state index contributed by atoms with van der Waals surface area (Å²) in [6.45, 7) is -0.978. The summed E-state index contributed by atoms with van der Waals surface area (Å²) >= 11 is 0. The number of hydrogen-bond acceptors (Lipinski definition) is 2. The Labute approximate surface area is 135 Å². The summed E-state index contributed by atoms with van der Waals surface area (Å²) < 4.78 is 89.6. The summed E-state index contributed by atoms with van der Waals surface area (Å²) in [4.78, 5) is 10.3. The van der Waals surface area contributed by atoms with Crippen molar-refractivity contribution in [1.82, 2.24) is 0 Å².